The van der Waals surface area contributed by atoms with E-state index in [9.17, 15) is 15.2 Å². The molecule has 1 aromatic carbocycles. The molecule has 1 aliphatic rings. The van der Waals surface area contributed by atoms with E-state index in [1.54, 1.807) is 24.3 Å². The summed E-state index contributed by atoms with van der Waals surface area (Å²) in [6, 6.07) is 8.97. The summed E-state index contributed by atoms with van der Waals surface area (Å²) in [7, 11) is 0. The quantitative estimate of drug-likeness (QED) is 0.343. The van der Waals surface area contributed by atoms with Crippen LogP contribution in [0.25, 0.3) is 5.57 Å². The molecule has 17 heavy (non-hydrogen) atoms. The van der Waals surface area contributed by atoms with Gasteiger partial charge in [0, 0.05) is 12.2 Å². The van der Waals surface area contributed by atoms with Crippen LogP contribution < -0.4 is 5.73 Å². The van der Waals surface area contributed by atoms with Crippen molar-refractivity contribution < 1.29 is 10.0 Å². The number of nitrogens with two attached hydrogens (primary N) is 1. The van der Waals surface area contributed by atoms with E-state index < -0.39 is 16.7 Å². The van der Waals surface area contributed by atoms with Crippen LogP contribution in [-0.4, -0.2) is 21.8 Å². The molecule has 0 aliphatic heterocycles. The molecule has 0 saturated heterocycles. The van der Waals surface area contributed by atoms with E-state index in [1.165, 1.54) is 18.2 Å². The van der Waals surface area contributed by atoms with Gasteiger partial charge in [0.05, 0.1) is 11.0 Å². The molecule has 0 heterocycles. The number of hydrogen-bond donors (Lipinski definition) is 2. The van der Waals surface area contributed by atoms with Gasteiger partial charge in [-0.05, 0) is 17.2 Å². The standard InChI is InChI=1S/C12H12N2O3/c13-12(14(16)17)7-6-11(15)10(8-12)9-4-2-1-3-5-9/h1-8,11,15H,13H2. The summed E-state index contributed by atoms with van der Waals surface area (Å²) in [5.41, 5.74) is 5.05. The zero-order chi connectivity index (χ0) is 12.5. The first-order valence-corrected chi connectivity index (χ1v) is 5.12. The summed E-state index contributed by atoms with van der Waals surface area (Å²) in [6.07, 6.45) is 2.96. The molecule has 2 atom stereocenters. The zero-order valence-electron chi connectivity index (χ0n) is 8.98. The summed E-state index contributed by atoms with van der Waals surface area (Å²) in [5.74, 6) is 0. The summed E-state index contributed by atoms with van der Waals surface area (Å²) in [6.45, 7) is 0. The van der Waals surface area contributed by atoms with Gasteiger partial charge in [-0.15, -0.1) is 0 Å². The van der Waals surface area contributed by atoms with Gasteiger partial charge in [0.1, 0.15) is 0 Å². The van der Waals surface area contributed by atoms with Crippen molar-refractivity contribution in [2.75, 3.05) is 0 Å². The van der Waals surface area contributed by atoms with Gasteiger partial charge in [-0.3, -0.25) is 15.8 Å². The normalized spacial score (nSPS) is 27.6. The number of hydrogen-bond acceptors (Lipinski definition) is 4. The molecule has 0 saturated carbocycles. The molecule has 0 aromatic heterocycles. The van der Waals surface area contributed by atoms with Crippen LogP contribution in [0.5, 0.6) is 0 Å². The van der Waals surface area contributed by atoms with Crippen LogP contribution in [0.4, 0.5) is 0 Å². The van der Waals surface area contributed by atoms with Crippen LogP contribution in [-0.2, 0) is 0 Å². The third-order valence-electron chi connectivity index (χ3n) is 2.67. The summed E-state index contributed by atoms with van der Waals surface area (Å²) in [5, 5.41) is 20.7. The Bertz CT molecular complexity index is 496. The van der Waals surface area contributed by atoms with E-state index in [4.69, 9.17) is 5.73 Å². The second-order valence-corrected chi connectivity index (χ2v) is 3.91. The van der Waals surface area contributed by atoms with Crippen molar-refractivity contribution in [1.82, 2.24) is 0 Å². The van der Waals surface area contributed by atoms with Crippen molar-refractivity contribution in [2.24, 2.45) is 5.73 Å². The minimum absolute atomic E-state index is 0.451. The largest absolute Gasteiger partial charge is 0.384 e. The lowest BCUT2D eigenvalue weighted by atomic mass is 9.91. The third-order valence-corrected chi connectivity index (χ3v) is 2.67. The Labute approximate surface area is 98.0 Å². The summed E-state index contributed by atoms with van der Waals surface area (Å²) >= 11 is 0. The molecule has 1 aromatic rings. The smallest absolute Gasteiger partial charge is 0.311 e. The molecule has 0 spiro atoms. The van der Waals surface area contributed by atoms with E-state index >= 15 is 0 Å². The van der Waals surface area contributed by atoms with E-state index in [2.05, 4.69) is 0 Å². The fourth-order valence-electron chi connectivity index (χ4n) is 1.73. The highest BCUT2D eigenvalue weighted by atomic mass is 16.6. The van der Waals surface area contributed by atoms with Crippen LogP contribution in [0.3, 0.4) is 0 Å². The highest BCUT2D eigenvalue weighted by molar-refractivity contribution is 5.72. The molecule has 5 heteroatoms. The second-order valence-electron chi connectivity index (χ2n) is 3.91. The first-order chi connectivity index (χ1) is 8.03. The fraction of sp³-hybridized carbons (Fsp3) is 0.167. The Balaban J connectivity index is 2.46. The molecular formula is C12H12N2O3. The van der Waals surface area contributed by atoms with Crippen molar-refractivity contribution >= 4 is 5.57 Å². The Morgan fingerprint density at radius 2 is 2.00 bits per heavy atom. The van der Waals surface area contributed by atoms with Crippen LogP contribution in [0.15, 0.2) is 48.6 Å². The molecule has 0 amide bonds. The maximum atomic E-state index is 10.9. The molecular weight excluding hydrogens is 220 g/mol. The monoisotopic (exact) mass is 232 g/mol. The number of nitrogens with zero attached hydrogens (tertiary/aromatic N) is 1. The van der Waals surface area contributed by atoms with E-state index in [0.29, 0.717) is 5.57 Å². The topological polar surface area (TPSA) is 89.4 Å². The van der Waals surface area contributed by atoms with Crippen LogP contribution in [0.2, 0.25) is 0 Å². The zero-order valence-corrected chi connectivity index (χ0v) is 8.98. The van der Waals surface area contributed by atoms with Gasteiger partial charge in [-0.1, -0.05) is 30.3 Å². The van der Waals surface area contributed by atoms with E-state index in [0.717, 1.165) is 5.56 Å². The van der Waals surface area contributed by atoms with Crippen molar-refractivity contribution in [3.05, 3.63) is 64.2 Å². The molecule has 0 fully saturated rings. The van der Waals surface area contributed by atoms with Gasteiger partial charge in [-0.25, -0.2) is 0 Å². The average molecular weight is 232 g/mol. The minimum Gasteiger partial charge on any atom is -0.384 e. The van der Waals surface area contributed by atoms with Gasteiger partial charge in [0.2, 0.25) is 0 Å². The number of aliphatic hydroxyl groups excluding tert-OH is 1. The van der Waals surface area contributed by atoms with Crippen LogP contribution in [0.1, 0.15) is 5.56 Å². The predicted octanol–water partition coefficient (Wildman–Crippen LogP) is 0.932. The predicted molar refractivity (Wildman–Crippen MR) is 63.5 cm³/mol. The molecule has 5 nitrogen and oxygen atoms in total. The fourth-order valence-corrected chi connectivity index (χ4v) is 1.73. The van der Waals surface area contributed by atoms with Crippen molar-refractivity contribution in [3.8, 4) is 0 Å². The number of aliphatic hydroxyl groups is 1. The number of benzene rings is 1. The third kappa shape index (κ3) is 2.11. The summed E-state index contributed by atoms with van der Waals surface area (Å²) in [4.78, 5) is 10.3. The minimum atomic E-state index is -1.75. The molecule has 2 unspecified atom stereocenters. The Kier molecular flexibility index (Phi) is 2.79. The molecule has 0 radical (unpaired) electrons. The van der Waals surface area contributed by atoms with E-state index in [-0.39, 0.29) is 0 Å². The molecule has 88 valence electrons. The lowest BCUT2D eigenvalue weighted by molar-refractivity contribution is -0.539. The van der Waals surface area contributed by atoms with Gasteiger partial charge in [0.25, 0.3) is 0 Å². The lowest BCUT2D eigenvalue weighted by Gasteiger charge is -2.22. The Morgan fingerprint density at radius 3 is 2.59 bits per heavy atom. The summed E-state index contributed by atoms with van der Waals surface area (Å²) < 4.78 is 0. The number of rotatable bonds is 2. The van der Waals surface area contributed by atoms with Crippen LogP contribution >= 0.6 is 0 Å². The lowest BCUT2D eigenvalue weighted by Crippen LogP contribution is -2.46. The second kappa shape index (κ2) is 4.12. The van der Waals surface area contributed by atoms with Gasteiger partial charge >= 0.3 is 5.66 Å². The van der Waals surface area contributed by atoms with Crippen molar-refractivity contribution in [1.29, 1.82) is 0 Å². The van der Waals surface area contributed by atoms with Crippen LogP contribution in [0, 0.1) is 10.1 Å². The Hall–Kier alpha value is -1.98. The molecule has 2 rings (SSSR count). The molecule has 3 N–H and O–H groups in total. The first-order valence-electron chi connectivity index (χ1n) is 5.12. The SMILES string of the molecule is NC1([N+](=O)[O-])C=CC(O)C(c2ccccc2)=C1. The molecule has 1 aliphatic carbocycles. The van der Waals surface area contributed by atoms with Crippen molar-refractivity contribution in [3.63, 3.8) is 0 Å². The highest BCUT2D eigenvalue weighted by Crippen LogP contribution is 2.27. The highest BCUT2D eigenvalue weighted by Gasteiger charge is 2.37. The van der Waals surface area contributed by atoms with E-state index in [1.807, 2.05) is 6.07 Å². The number of nitro groups is 1. The maximum absolute atomic E-state index is 10.9. The first kappa shape index (κ1) is 11.5. The van der Waals surface area contributed by atoms with Crippen molar-refractivity contribution in [2.45, 2.75) is 11.8 Å². The molecule has 0 bridgehead atoms. The van der Waals surface area contributed by atoms with Gasteiger partial charge in [0.15, 0.2) is 0 Å². The van der Waals surface area contributed by atoms with Gasteiger partial charge < -0.3 is 5.11 Å². The van der Waals surface area contributed by atoms with Gasteiger partial charge in [-0.2, -0.15) is 0 Å². The Morgan fingerprint density at radius 1 is 1.35 bits per heavy atom. The maximum Gasteiger partial charge on any atom is 0.311 e. The average Bonchev–Trinajstić information content (AvgIpc) is 2.33.